The predicted octanol–water partition coefficient (Wildman–Crippen LogP) is 1.90. The highest BCUT2D eigenvalue weighted by Crippen LogP contribution is 2.09. The molecule has 0 bridgehead atoms. The molecule has 0 aliphatic rings. The zero-order valence-corrected chi connectivity index (χ0v) is 12.6. The molecule has 0 spiro atoms. The second kappa shape index (κ2) is 8.92. The van der Waals surface area contributed by atoms with Gasteiger partial charge in [-0.05, 0) is 24.6 Å². The summed E-state index contributed by atoms with van der Waals surface area (Å²) in [7, 11) is 0. The first-order chi connectivity index (χ1) is 9.97. The summed E-state index contributed by atoms with van der Waals surface area (Å²) in [5.74, 6) is -0.170. The molecule has 0 heterocycles. The van der Waals surface area contributed by atoms with Gasteiger partial charge in [0.2, 0.25) is 11.8 Å². The van der Waals surface area contributed by atoms with Crippen LogP contribution in [0.4, 0.5) is 5.69 Å². The maximum absolute atomic E-state index is 11.7. The van der Waals surface area contributed by atoms with Crippen LogP contribution in [0.25, 0.3) is 0 Å². The molecule has 0 fully saturated rings. The third kappa shape index (κ3) is 7.89. The molecule has 0 atom stereocenters. The second-order valence-electron chi connectivity index (χ2n) is 4.91. The Balaban J connectivity index is 2.27. The maximum Gasteiger partial charge on any atom is 0.224 e. The largest absolute Gasteiger partial charge is 0.375 e. The first-order valence-electron chi connectivity index (χ1n) is 6.82. The summed E-state index contributed by atoms with van der Waals surface area (Å²) >= 11 is 0. The van der Waals surface area contributed by atoms with Gasteiger partial charge in [0.25, 0.3) is 0 Å². The van der Waals surface area contributed by atoms with Gasteiger partial charge in [-0.3, -0.25) is 9.59 Å². The van der Waals surface area contributed by atoms with E-state index in [9.17, 15) is 9.59 Å². The van der Waals surface area contributed by atoms with Gasteiger partial charge in [-0.15, -0.1) is 0 Å². The van der Waals surface area contributed by atoms with Gasteiger partial charge in [0.15, 0.2) is 0 Å². The van der Waals surface area contributed by atoms with Crippen molar-refractivity contribution in [2.45, 2.75) is 20.3 Å². The number of hydrogen-bond donors (Lipinski definition) is 2. The molecule has 0 aliphatic carbocycles. The van der Waals surface area contributed by atoms with E-state index in [0.29, 0.717) is 26.2 Å². The fraction of sp³-hybridized carbons (Fsp3) is 0.375. The lowest BCUT2D eigenvalue weighted by molar-refractivity contribution is -0.120. The number of hydrogen-bond acceptors (Lipinski definition) is 3. The van der Waals surface area contributed by atoms with E-state index < -0.39 is 0 Å². The van der Waals surface area contributed by atoms with Crippen LogP contribution in [0.3, 0.4) is 0 Å². The van der Waals surface area contributed by atoms with Crippen molar-refractivity contribution in [1.82, 2.24) is 5.32 Å². The predicted molar refractivity (Wildman–Crippen MR) is 83.1 cm³/mol. The van der Waals surface area contributed by atoms with E-state index in [1.54, 1.807) is 12.1 Å². The van der Waals surface area contributed by atoms with Crippen molar-refractivity contribution in [2.24, 2.45) is 0 Å². The third-order valence-electron chi connectivity index (χ3n) is 2.56. The molecule has 114 valence electrons. The minimum Gasteiger partial charge on any atom is -0.375 e. The molecule has 21 heavy (non-hydrogen) atoms. The lowest BCUT2D eigenvalue weighted by atomic mass is 10.1. The fourth-order valence-corrected chi connectivity index (χ4v) is 1.67. The number of anilines is 1. The Morgan fingerprint density at radius 3 is 2.43 bits per heavy atom. The molecule has 0 radical (unpaired) electrons. The molecule has 2 N–H and O–H groups in total. The highest BCUT2D eigenvalue weighted by Gasteiger charge is 2.03. The molecule has 2 amide bonds. The molecule has 1 rings (SSSR count). The number of nitrogens with one attached hydrogen (secondary N) is 2. The van der Waals surface area contributed by atoms with Gasteiger partial charge in [0.05, 0.1) is 19.6 Å². The first-order valence-corrected chi connectivity index (χ1v) is 6.82. The summed E-state index contributed by atoms with van der Waals surface area (Å²) in [5, 5.41) is 5.47. The Morgan fingerprint density at radius 2 is 1.86 bits per heavy atom. The molecule has 0 unspecified atom stereocenters. The van der Waals surface area contributed by atoms with E-state index >= 15 is 0 Å². The summed E-state index contributed by atoms with van der Waals surface area (Å²) in [6.45, 7) is 8.55. The van der Waals surface area contributed by atoms with Gasteiger partial charge < -0.3 is 15.4 Å². The summed E-state index contributed by atoms with van der Waals surface area (Å²) in [6.07, 6.45) is 0.306. The lowest BCUT2D eigenvalue weighted by Gasteiger charge is -2.07. The molecular formula is C16H22N2O3. The Morgan fingerprint density at radius 1 is 1.19 bits per heavy atom. The smallest absolute Gasteiger partial charge is 0.224 e. The third-order valence-corrected chi connectivity index (χ3v) is 2.56. The molecule has 0 aromatic heterocycles. The molecule has 0 aliphatic heterocycles. The number of rotatable bonds is 8. The van der Waals surface area contributed by atoms with Crippen LogP contribution in [0.2, 0.25) is 0 Å². The van der Waals surface area contributed by atoms with Crippen LogP contribution in [0.1, 0.15) is 19.4 Å². The van der Waals surface area contributed by atoms with E-state index in [-0.39, 0.29) is 11.8 Å². The van der Waals surface area contributed by atoms with Crippen LogP contribution in [-0.4, -0.2) is 31.6 Å². The zero-order chi connectivity index (χ0) is 15.7. The average molecular weight is 290 g/mol. The first kappa shape index (κ1) is 16.9. The fourth-order valence-electron chi connectivity index (χ4n) is 1.67. The minimum absolute atomic E-state index is 0.0544. The van der Waals surface area contributed by atoms with Gasteiger partial charge in [-0.1, -0.05) is 24.3 Å². The van der Waals surface area contributed by atoms with Crippen molar-refractivity contribution in [1.29, 1.82) is 0 Å². The van der Waals surface area contributed by atoms with Crippen LogP contribution in [0, 0.1) is 0 Å². The normalized spacial score (nSPS) is 10.0. The van der Waals surface area contributed by atoms with Crippen molar-refractivity contribution >= 4 is 17.5 Å². The molecular weight excluding hydrogens is 268 g/mol. The van der Waals surface area contributed by atoms with Crippen molar-refractivity contribution in [3.63, 3.8) is 0 Å². The van der Waals surface area contributed by atoms with Crippen molar-refractivity contribution in [3.8, 4) is 0 Å². The zero-order valence-electron chi connectivity index (χ0n) is 12.6. The summed E-state index contributed by atoms with van der Waals surface area (Å²) in [6, 6.07) is 7.20. The molecule has 1 aromatic rings. The summed E-state index contributed by atoms with van der Waals surface area (Å²) in [4.78, 5) is 22.6. The Bertz CT molecular complexity index is 495. The SMILES string of the molecule is C=C(C)COCCNC(=O)Cc1ccc(NC(C)=O)cc1. The van der Waals surface area contributed by atoms with E-state index in [2.05, 4.69) is 17.2 Å². The van der Waals surface area contributed by atoms with Gasteiger partial charge in [-0.2, -0.15) is 0 Å². The van der Waals surface area contributed by atoms with Crippen molar-refractivity contribution < 1.29 is 14.3 Å². The van der Waals surface area contributed by atoms with E-state index in [4.69, 9.17) is 4.74 Å². The van der Waals surface area contributed by atoms with Crippen LogP contribution in [0.5, 0.6) is 0 Å². The van der Waals surface area contributed by atoms with E-state index in [1.807, 2.05) is 19.1 Å². The van der Waals surface area contributed by atoms with Gasteiger partial charge >= 0.3 is 0 Å². The van der Waals surface area contributed by atoms with Crippen LogP contribution < -0.4 is 10.6 Å². The van der Waals surface area contributed by atoms with Gasteiger partial charge in [0, 0.05) is 19.2 Å². The van der Waals surface area contributed by atoms with Crippen LogP contribution in [-0.2, 0) is 20.7 Å². The molecule has 5 nitrogen and oxygen atoms in total. The second-order valence-corrected chi connectivity index (χ2v) is 4.91. The van der Waals surface area contributed by atoms with Crippen LogP contribution in [0.15, 0.2) is 36.4 Å². The topological polar surface area (TPSA) is 67.4 Å². The molecule has 0 saturated carbocycles. The average Bonchev–Trinajstić information content (AvgIpc) is 2.39. The number of ether oxygens (including phenoxy) is 1. The summed E-state index contributed by atoms with van der Waals surface area (Å²) in [5.41, 5.74) is 2.57. The Labute approximate surface area is 125 Å². The minimum atomic E-state index is -0.116. The quantitative estimate of drug-likeness (QED) is 0.567. The molecule has 0 saturated heterocycles. The Kier molecular flexibility index (Phi) is 7.18. The number of benzene rings is 1. The lowest BCUT2D eigenvalue weighted by Crippen LogP contribution is -2.28. The van der Waals surface area contributed by atoms with Crippen LogP contribution >= 0.6 is 0 Å². The van der Waals surface area contributed by atoms with E-state index in [0.717, 1.165) is 16.8 Å². The highest BCUT2D eigenvalue weighted by molar-refractivity contribution is 5.88. The van der Waals surface area contributed by atoms with Gasteiger partial charge in [-0.25, -0.2) is 0 Å². The van der Waals surface area contributed by atoms with Gasteiger partial charge in [0.1, 0.15) is 0 Å². The number of carbonyl (C=O) groups excluding carboxylic acids is 2. The summed E-state index contributed by atoms with van der Waals surface area (Å²) < 4.78 is 5.29. The highest BCUT2D eigenvalue weighted by atomic mass is 16.5. The van der Waals surface area contributed by atoms with E-state index in [1.165, 1.54) is 6.92 Å². The Hall–Kier alpha value is -2.14. The maximum atomic E-state index is 11.7. The number of amides is 2. The molecule has 1 aromatic carbocycles. The van der Waals surface area contributed by atoms with Crippen molar-refractivity contribution in [2.75, 3.05) is 25.1 Å². The standard InChI is InChI=1S/C16H22N2O3/c1-12(2)11-21-9-8-17-16(20)10-14-4-6-15(7-5-14)18-13(3)19/h4-7H,1,8-11H2,2-3H3,(H,17,20)(H,18,19). The molecule has 5 heteroatoms. The number of carbonyl (C=O) groups is 2. The monoisotopic (exact) mass is 290 g/mol. The van der Waals surface area contributed by atoms with Crippen molar-refractivity contribution in [3.05, 3.63) is 42.0 Å².